The van der Waals surface area contributed by atoms with Crippen molar-refractivity contribution in [3.8, 4) is 11.3 Å². The molecule has 0 unspecified atom stereocenters. The molecule has 8 nitrogen and oxygen atoms in total. The number of hydrogen-bond donors (Lipinski definition) is 2. The van der Waals surface area contributed by atoms with Crippen LogP contribution in [0.25, 0.3) is 11.3 Å². The van der Waals surface area contributed by atoms with Crippen molar-refractivity contribution in [2.75, 3.05) is 5.73 Å². The van der Waals surface area contributed by atoms with Gasteiger partial charge in [0.25, 0.3) is 5.91 Å². The van der Waals surface area contributed by atoms with Crippen molar-refractivity contribution < 1.29 is 18.5 Å². The van der Waals surface area contributed by atoms with Gasteiger partial charge < -0.3 is 16.0 Å². The number of Topliss-reactive ketones (excluding diaryl/α,β-unsaturated/α-hetero) is 1. The van der Waals surface area contributed by atoms with E-state index in [2.05, 4.69) is 17.2 Å². The summed E-state index contributed by atoms with van der Waals surface area (Å²) in [6.07, 6.45) is 2.77. The molecule has 2 heterocycles. The Morgan fingerprint density at radius 2 is 1.82 bits per heavy atom. The summed E-state index contributed by atoms with van der Waals surface area (Å²) in [6.45, 7) is 6.01. The largest absolute Gasteiger partial charge is 0.383 e. The molecule has 6 rings (SSSR count). The van der Waals surface area contributed by atoms with Gasteiger partial charge in [-0.1, -0.05) is 36.3 Å². The second-order valence-corrected chi connectivity index (χ2v) is 10.5. The Bertz CT molecular complexity index is 1290. The summed E-state index contributed by atoms with van der Waals surface area (Å²) in [4.78, 5) is 24.6. The summed E-state index contributed by atoms with van der Waals surface area (Å²) in [6, 6.07) is 7.02. The Labute approximate surface area is 196 Å². The SMILES string of the molecule is CC(C)n1nc(-c2ccc(CC(=O)Cc3onc(C45CC(C)(C4)C5)c3F)cc2)c(C(N)=O)c1N. The monoisotopic (exact) mass is 465 g/mol. The lowest BCUT2D eigenvalue weighted by Gasteiger charge is -2.68. The summed E-state index contributed by atoms with van der Waals surface area (Å²) in [5, 5.41) is 8.43. The van der Waals surface area contributed by atoms with Crippen LogP contribution in [0.1, 0.15) is 73.5 Å². The molecule has 4 N–H and O–H groups in total. The zero-order chi connectivity index (χ0) is 24.4. The average Bonchev–Trinajstić information content (AvgIpc) is 3.26. The van der Waals surface area contributed by atoms with Crippen LogP contribution in [0.5, 0.6) is 0 Å². The molecule has 0 aliphatic heterocycles. The van der Waals surface area contributed by atoms with E-state index in [4.69, 9.17) is 16.0 Å². The Balaban J connectivity index is 1.28. The first-order chi connectivity index (χ1) is 16.0. The molecule has 9 heteroatoms. The van der Waals surface area contributed by atoms with E-state index in [0.717, 1.165) is 24.8 Å². The molecule has 34 heavy (non-hydrogen) atoms. The summed E-state index contributed by atoms with van der Waals surface area (Å²) in [5.74, 6) is -1.07. The summed E-state index contributed by atoms with van der Waals surface area (Å²) in [5.41, 5.74) is 14.1. The van der Waals surface area contributed by atoms with Gasteiger partial charge >= 0.3 is 0 Å². The van der Waals surface area contributed by atoms with E-state index in [9.17, 15) is 14.0 Å². The molecule has 3 fully saturated rings. The quantitative estimate of drug-likeness (QED) is 0.521. The lowest BCUT2D eigenvalue weighted by atomic mass is 9.35. The van der Waals surface area contributed by atoms with Crippen LogP contribution in [0.4, 0.5) is 10.2 Å². The van der Waals surface area contributed by atoms with E-state index in [1.165, 1.54) is 0 Å². The highest BCUT2D eigenvalue weighted by molar-refractivity contribution is 6.03. The van der Waals surface area contributed by atoms with E-state index in [-0.39, 0.29) is 47.2 Å². The number of carbonyl (C=O) groups is 2. The normalized spacial score (nSPS) is 23.0. The maximum absolute atomic E-state index is 14.9. The Morgan fingerprint density at radius 1 is 1.18 bits per heavy atom. The number of nitrogens with zero attached hydrogens (tertiary/aromatic N) is 3. The van der Waals surface area contributed by atoms with Crippen molar-refractivity contribution in [1.82, 2.24) is 14.9 Å². The standard InChI is InChI=1S/C25H28FN5O3/c1-13(2)31-22(27)18(23(28)33)20(29-31)15-6-4-14(5-7-15)8-16(32)9-17-19(26)21(30-34-17)25-10-24(3,11-25)12-25/h4-7,13H,8-12,27H2,1-3H3,(H2,28,33). The number of benzene rings is 1. The molecule has 0 radical (unpaired) electrons. The van der Waals surface area contributed by atoms with E-state index >= 15 is 0 Å². The van der Waals surface area contributed by atoms with Gasteiger partial charge in [0.15, 0.2) is 11.6 Å². The Morgan fingerprint density at radius 3 is 2.38 bits per heavy atom. The van der Waals surface area contributed by atoms with Gasteiger partial charge in [-0.3, -0.25) is 9.59 Å². The number of aromatic nitrogens is 3. The third-order valence-electron chi connectivity index (χ3n) is 7.17. The minimum Gasteiger partial charge on any atom is -0.383 e. The number of halogens is 1. The Hall–Kier alpha value is -3.49. The van der Waals surface area contributed by atoms with Crippen molar-refractivity contribution >= 4 is 17.5 Å². The zero-order valence-electron chi connectivity index (χ0n) is 19.5. The first-order valence-corrected chi connectivity index (χ1v) is 11.5. The fourth-order valence-electron chi connectivity index (χ4n) is 5.83. The number of hydrogen-bond acceptors (Lipinski definition) is 6. The van der Waals surface area contributed by atoms with Crippen molar-refractivity contribution in [2.24, 2.45) is 11.1 Å². The lowest BCUT2D eigenvalue weighted by Crippen LogP contribution is -2.63. The highest BCUT2D eigenvalue weighted by Crippen LogP contribution is 2.73. The van der Waals surface area contributed by atoms with E-state index in [1.54, 1.807) is 28.9 Å². The molecule has 3 aliphatic carbocycles. The van der Waals surface area contributed by atoms with Crippen LogP contribution in [0.3, 0.4) is 0 Å². The molecule has 0 atom stereocenters. The van der Waals surface area contributed by atoms with Gasteiger partial charge in [0.1, 0.15) is 28.6 Å². The molecule has 1 amide bonds. The van der Waals surface area contributed by atoms with Crippen molar-refractivity contribution in [1.29, 1.82) is 0 Å². The fourth-order valence-corrected chi connectivity index (χ4v) is 5.83. The number of nitrogen functional groups attached to an aromatic ring is 1. The predicted molar refractivity (Wildman–Crippen MR) is 123 cm³/mol. The minimum absolute atomic E-state index is 0.00676. The maximum Gasteiger partial charge on any atom is 0.254 e. The number of nitrogens with two attached hydrogens (primary N) is 2. The molecule has 0 saturated heterocycles. The van der Waals surface area contributed by atoms with Gasteiger partial charge in [0.2, 0.25) is 0 Å². The average molecular weight is 466 g/mol. The van der Waals surface area contributed by atoms with Gasteiger partial charge in [-0.2, -0.15) is 5.10 Å². The number of amides is 1. The van der Waals surface area contributed by atoms with Gasteiger partial charge in [-0.25, -0.2) is 9.07 Å². The maximum atomic E-state index is 14.9. The first-order valence-electron chi connectivity index (χ1n) is 11.5. The topological polar surface area (TPSA) is 130 Å². The minimum atomic E-state index is -0.653. The number of rotatable bonds is 8. The molecular weight excluding hydrogens is 437 g/mol. The van der Waals surface area contributed by atoms with Crippen LogP contribution < -0.4 is 11.5 Å². The summed E-state index contributed by atoms with van der Waals surface area (Å²) < 4.78 is 21.6. The molecule has 1 aromatic carbocycles. The molecule has 0 spiro atoms. The summed E-state index contributed by atoms with van der Waals surface area (Å²) in [7, 11) is 0. The second-order valence-electron chi connectivity index (χ2n) is 10.5. The summed E-state index contributed by atoms with van der Waals surface area (Å²) >= 11 is 0. The molecule has 2 bridgehead atoms. The van der Waals surface area contributed by atoms with Crippen LogP contribution in [0, 0.1) is 11.2 Å². The number of primary amides is 1. The molecule has 3 aliphatic rings. The molecular formula is C25H28FN5O3. The zero-order valence-corrected chi connectivity index (χ0v) is 19.5. The number of carbonyl (C=O) groups excluding carboxylic acids is 2. The third kappa shape index (κ3) is 3.41. The van der Waals surface area contributed by atoms with Crippen molar-refractivity contribution in [2.45, 2.75) is 64.3 Å². The molecule has 178 valence electrons. The van der Waals surface area contributed by atoms with Crippen LogP contribution in [0.15, 0.2) is 28.8 Å². The van der Waals surface area contributed by atoms with Crippen LogP contribution in [0.2, 0.25) is 0 Å². The van der Waals surface area contributed by atoms with E-state index in [0.29, 0.717) is 22.4 Å². The van der Waals surface area contributed by atoms with E-state index in [1.807, 2.05) is 13.8 Å². The van der Waals surface area contributed by atoms with Crippen LogP contribution >= 0.6 is 0 Å². The van der Waals surface area contributed by atoms with Crippen LogP contribution in [-0.4, -0.2) is 26.6 Å². The van der Waals surface area contributed by atoms with Gasteiger partial charge in [0, 0.05) is 23.4 Å². The van der Waals surface area contributed by atoms with Crippen molar-refractivity contribution in [3.05, 3.63) is 52.7 Å². The highest BCUT2D eigenvalue weighted by Gasteiger charge is 2.67. The Kier molecular flexibility index (Phi) is 4.93. The van der Waals surface area contributed by atoms with Crippen molar-refractivity contribution in [3.63, 3.8) is 0 Å². The highest BCUT2D eigenvalue weighted by atomic mass is 19.1. The second kappa shape index (κ2) is 7.51. The van der Waals surface area contributed by atoms with Gasteiger partial charge in [0.05, 0.1) is 6.42 Å². The third-order valence-corrected chi connectivity index (χ3v) is 7.17. The first kappa shape index (κ1) is 22.3. The smallest absolute Gasteiger partial charge is 0.254 e. The molecule has 3 aromatic rings. The lowest BCUT2D eigenvalue weighted by molar-refractivity contribution is -0.130. The number of ketones is 1. The molecule has 3 saturated carbocycles. The number of anilines is 1. The van der Waals surface area contributed by atoms with Crippen LogP contribution in [-0.2, 0) is 23.1 Å². The van der Waals surface area contributed by atoms with Gasteiger partial charge in [-0.05, 0) is 44.1 Å². The predicted octanol–water partition coefficient (Wildman–Crippen LogP) is 3.74. The van der Waals surface area contributed by atoms with E-state index < -0.39 is 11.7 Å². The molecule has 2 aromatic heterocycles. The van der Waals surface area contributed by atoms with Gasteiger partial charge in [-0.15, -0.1) is 0 Å². The fraction of sp³-hybridized carbons (Fsp3) is 0.440.